The van der Waals surface area contributed by atoms with E-state index in [-0.39, 0.29) is 0 Å². The molecule has 0 radical (unpaired) electrons. The zero-order chi connectivity index (χ0) is 13.8. The van der Waals surface area contributed by atoms with Crippen molar-refractivity contribution in [1.29, 1.82) is 0 Å². The van der Waals surface area contributed by atoms with Crippen LogP contribution in [-0.4, -0.2) is 17.1 Å². The summed E-state index contributed by atoms with van der Waals surface area (Å²) < 4.78 is 5.14. The molecule has 0 bridgehead atoms. The van der Waals surface area contributed by atoms with Crippen LogP contribution in [0.25, 0.3) is 0 Å². The highest BCUT2D eigenvalue weighted by Crippen LogP contribution is 2.28. The molecule has 1 heterocycles. The van der Waals surface area contributed by atoms with Crippen LogP contribution in [0.4, 0.5) is 5.69 Å². The van der Waals surface area contributed by atoms with Gasteiger partial charge in [-0.15, -0.1) is 0 Å². The number of thiocarbonyl (C=S) groups is 1. The van der Waals surface area contributed by atoms with E-state index < -0.39 is 0 Å². The van der Waals surface area contributed by atoms with Crippen molar-refractivity contribution >= 4 is 46.1 Å². The monoisotopic (exact) mass is 312 g/mol. The molecule has 2 rings (SSSR count). The second kappa shape index (κ2) is 6.19. The van der Waals surface area contributed by atoms with Gasteiger partial charge in [0.15, 0.2) is 0 Å². The predicted octanol–water partition coefficient (Wildman–Crippen LogP) is 4.18. The van der Waals surface area contributed by atoms with Crippen LogP contribution in [0.15, 0.2) is 36.5 Å². The van der Waals surface area contributed by atoms with Gasteiger partial charge >= 0.3 is 0 Å². The summed E-state index contributed by atoms with van der Waals surface area (Å²) in [6.45, 7) is 0. The lowest BCUT2D eigenvalue weighted by Crippen LogP contribution is -2.11. The Morgan fingerprint density at radius 3 is 2.79 bits per heavy atom. The van der Waals surface area contributed by atoms with E-state index in [0.29, 0.717) is 26.5 Å². The number of hydrogen-bond donors (Lipinski definition) is 1. The molecule has 1 aromatic carbocycles. The van der Waals surface area contributed by atoms with Crippen molar-refractivity contribution in [2.45, 2.75) is 0 Å². The second-order valence-corrected chi connectivity index (χ2v) is 4.82. The minimum Gasteiger partial charge on any atom is -0.495 e. The van der Waals surface area contributed by atoms with E-state index in [1.54, 1.807) is 43.6 Å². The number of aromatic nitrogens is 1. The predicted molar refractivity (Wildman–Crippen MR) is 82.6 cm³/mol. The van der Waals surface area contributed by atoms with Crippen molar-refractivity contribution in [3.63, 3.8) is 0 Å². The quantitative estimate of drug-likeness (QED) is 0.681. The average molecular weight is 313 g/mol. The minimum absolute atomic E-state index is 0.362. The summed E-state index contributed by atoms with van der Waals surface area (Å²) in [5.41, 5.74) is 1.44. The number of nitrogens with one attached hydrogen (secondary N) is 1. The summed E-state index contributed by atoms with van der Waals surface area (Å²) in [7, 11) is 1.56. The van der Waals surface area contributed by atoms with Crippen molar-refractivity contribution in [2.75, 3.05) is 12.4 Å². The lowest BCUT2D eigenvalue weighted by atomic mass is 10.2. The van der Waals surface area contributed by atoms with Crippen molar-refractivity contribution in [1.82, 2.24) is 4.98 Å². The Bertz CT molecular complexity index is 619. The van der Waals surface area contributed by atoms with Gasteiger partial charge in [0.05, 0.1) is 12.1 Å². The summed E-state index contributed by atoms with van der Waals surface area (Å²) in [6.07, 6.45) is 1.61. The highest BCUT2D eigenvalue weighted by molar-refractivity contribution is 7.81. The Hall–Kier alpha value is -1.36. The summed E-state index contributed by atoms with van der Waals surface area (Å²) in [5.74, 6) is 0.576. The molecule has 0 aliphatic carbocycles. The molecule has 0 saturated carbocycles. The van der Waals surface area contributed by atoms with E-state index in [4.69, 9.17) is 40.2 Å². The molecule has 1 aromatic heterocycles. The van der Waals surface area contributed by atoms with E-state index in [1.165, 1.54) is 0 Å². The van der Waals surface area contributed by atoms with E-state index in [2.05, 4.69) is 10.3 Å². The van der Waals surface area contributed by atoms with Gasteiger partial charge in [0.1, 0.15) is 15.9 Å². The Morgan fingerprint density at radius 2 is 2.11 bits per heavy atom. The van der Waals surface area contributed by atoms with E-state index in [1.807, 2.05) is 0 Å². The summed E-state index contributed by atoms with van der Waals surface area (Å²) in [4.78, 5) is 4.47. The Morgan fingerprint density at radius 1 is 1.32 bits per heavy atom. The molecule has 2 aromatic rings. The van der Waals surface area contributed by atoms with Crippen molar-refractivity contribution in [3.05, 3.63) is 52.3 Å². The number of rotatable bonds is 3. The van der Waals surface area contributed by atoms with Gasteiger partial charge in [0.2, 0.25) is 0 Å². The number of anilines is 1. The fourth-order valence-electron chi connectivity index (χ4n) is 1.49. The third-order valence-corrected chi connectivity index (χ3v) is 3.35. The molecule has 0 aliphatic heterocycles. The molecule has 19 heavy (non-hydrogen) atoms. The molecule has 0 saturated heterocycles. The molecule has 98 valence electrons. The number of hydrogen-bond acceptors (Lipinski definition) is 3. The second-order valence-electron chi connectivity index (χ2n) is 3.65. The number of ether oxygens (including phenoxy) is 1. The van der Waals surface area contributed by atoms with Gasteiger partial charge in [-0.3, -0.25) is 0 Å². The van der Waals surface area contributed by atoms with Crippen LogP contribution < -0.4 is 10.1 Å². The first-order chi connectivity index (χ1) is 9.11. The lowest BCUT2D eigenvalue weighted by Gasteiger charge is -2.11. The highest BCUT2D eigenvalue weighted by Gasteiger charge is 2.08. The van der Waals surface area contributed by atoms with Gasteiger partial charge in [0.25, 0.3) is 0 Å². The molecule has 0 atom stereocenters. The van der Waals surface area contributed by atoms with Crippen LogP contribution in [-0.2, 0) is 0 Å². The Balaban J connectivity index is 2.22. The average Bonchev–Trinajstić information content (AvgIpc) is 2.41. The topological polar surface area (TPSA) is 34.1 Å². The highest BCUT2D eigenvalue weighted by atomic mass is 35.5. The smallest absolute Gasteiger partial charge is 0.139 e. The Kier molecular flexibility index (Phi) is 4.58. The zero-order valence-corrected chi connectivity index (χ0v) is 12.3. The van der Waals surface area contributed by atoms with Gasteiger partial charge in [-0.05, 0) is 24.3 Å². The van der Waals surface area contributed by atoms with Crippen molar-refractivity contribution in [3.8, 4) is 5.75 Å². The molecule has 0 unspecified atom stereocenters. The number of nitrogens with zero attached hydrogens (tertiary/aromatic N) is 1. The zero-order valence-electron chi connectivity index (χ0n) is 9.98. The lowest BCUT2D eigenvalue weighted by molar-refractivity contribution is 0.415. The first-order valence-electron chi connectivity index (χ1n) is 5.37. The van der Waals surface area contributed by atoms with E-state index >= 15 is 0 Å². The van der Waals surface area contributed by atoms with Gasteiger partial charge in [0, 0.05) is 23.5 Å². The third-order valence-electron chi connectivity index (χ3n) is 2.41. The maximum Gasteiger partial charge on any atom is 0.139 e. The number of benzene rings is 1. The molecule has 0 fully saturated rings. The standard InChI is InChI=1S/C13H10Cl2N2OS/c1-18-11-7-8(4-5-10(11)14)17-13(19)9-3-2-6-16-12(9)15/h2-7H,1H3,(H,17,19). The fraction of sp³-hybridized carbons (Fsp3) is 0.0769. The molecule has 0 aliphatic rings. The van der Waals surface area contributed by atoms with Gasteiger partial charge in [-0.2, -0.15) is 0 Å². The minimum atomic E-state index is 0.362. The molecule has 0 amide bonds. The maximum atomic E-state index is 5.98. The van der Waals surface area contributed by atoms with Crippen molar-refractivity contribution < 1.29 is 4.74 Å². The van der Waals surface area contributed by atoms with Crippen LogP contribution in [0.3, 0.4) is 0 Å². The molecule has 6 heteroatoms. The van der Waals surface area contributed by atoms with Crippen molar-refractivity contribution in [2.24, 2.45) is 0 Å². The summed E-state index contributed by atoms with van der Waals surface area (Å²) in [6, 6.07) is 8.88. The Labute approximate surface area is 126 Å². The summed E-state index contributed by atoms with van der Waals surface area (Å²) in [5, 5.41) is 3.97. The molecular weight excluding hydrogens is 303 g/mol. The van der Waals surface area contributed by atoms with Crippen LogP contribution in [0, 0.1) is 0 Å². The largest absolute Gasteiger partial charge is 0.495 e. The normalized spacial score (nSPS) is 10.1. The van der Waals surface area contributed by atoms with Gasteiger partial charge < -0.3 is 10.1 Å². The molecule has 1 N–H and O–H groups in total. The van der Waals surface area contributed by atoms with Gasteiger partial charge in [-0.25, -0.2) is 4.98 Å². The van der Waals surface area contributed by atoms with E-state index in [9.17, 15) is 0 Å². The number of methoxy groups -OCH3 is 1. The van der Waals surface area contributed by atoms with Crippen LogP contribution >= 0.6 is 35.4 Å². The van der Waals surface area contributed by atoms with Crippen LogP contribution in [0.2, 0.25) is 10.2 Å². The first kappa shape index (κ1) is 14.1. The van der Waals surface area contributed by atoms with Gasteiger partial charge in [-0.1, -0.05) is 35.4 Å². The van der Waals surface area contributed by atoms with Crippen LogP contribution in [0.5, 0.6) is 5.75 Å². The molecule has 3 nitrogen and oxygen atoms in total. The molecular formula is C13H10Cl2N2OS. The summed E-state index contributed by atoms with van der Waals surface area (Å²) >= 11 is 17.2. The fourth-order valence-corrected chi connectivity index (χ4v) is 2.24. The first-order valence-corrected chi connectivity index (χ1v) is 6.53. The maximum absolute atomic E-state index is 5.98. The van der Waals surface area contributed by atoms with Crippen LogP contribution in [0.1, 0.15) is 5.56 Å². The number of pyridine rings is 1. The third kappa shape index (κ3) is 3.35. The van der Waals surface area contributed by atoms with E-state index in [0.717, 1.165) is 5.69 Å². The SMILES string of the molecule is COc1cc(NC(=S)c2cccnc2Cl)ccc1Cl. The molecule has 0 spiro atoms. The number of halogens is 2.